The minimum Gasteiger partial charge on any atom is -0.496 e. The van der Waals surface area contributed by atoms with Crippen LogP contribution in [0.3, 0.4) is 0 Å². The summed E-state index contributed by atoms with van der Waals surface area (Å²) in [5.74, 6) is 0.838. The van der Waals surface area contributed by atoms with E-state index in [1.807, 2.05) is 32.0 Å². The average Bonchev–Trinajstić information content (AvgIpc) is 2.60. The molecule has 1 atom stereocenters. The van der Waals surface area contributed by atoms with Gasteiger partial charge < -0.3 is 14.8 Å². The SMILES string of the molecule is COc1ccc(C2(C)CNC(=O)O2)cc1C. The number of amides is 1. The molecule has 1 amide bonds. The van der Waals surface area contributed by atoms with Crippen LogP contribution in [0, 0.1) is 6.92 Å². The molecule has 1 fully saturated rings. The maximum Gasteiger partial charge on any atom is 0.408 e. The molecule has 1 heterocycles. The molecule has 0 bridgehead atoms. The van der Waals surface area contributed by atoms with Gasteiger partial charge in [0.2, 0.25) is 0 Å². The number of alkyl carbamates (subject to hydrolysis) is 1. The van der Waals surface area contributed by atoms with Crippen molar-refractivity contribution in [2.45, 2.75) is 19.4 Å². The summed E-state index contributed by atoms with van der Waals surface area (Å²) in [4.78, 5) is 11.1. The van der Waals surface area contributed by atoms with Gasteiger partial charge in [0, 0.05) is 0 Å². The second-order valence-electron chi connectivity index (χ2n) is 4.16. The van der Waals surface area contributed by atoms with Crippen molar-refractivity contribution in [1.29, 1.82) is 0 Å². The van der Waals surface area contributed by atoms with E-state index in [1.165, 1.54) is 0 Å². The first kappa shape index (κ1) is 10.8. The lowest BCUT2D eigenvalue weighted by molar-refractivity contribution is 0.0703. The molecule has 0 saturated carbocycles. The fourth-order valence-corrected chi connectivity index (χ4v) is 1.89. The Bertz CT molecular complexity index is 430. The minimum atomic E-state index is -0.575. The quantitative estimate of drug-likeness (QED) is 0.830. The monoisotopic (exact) mass is 221 g/mol. The van der Waals surface area contributed by atoms with E-state index in [-0.39, 0.29) is 6.09 Å². The van der Waals surface area contributed by atoms with Crippen molar-refractivity contribution in [2.24, 2.45) is 0 Å². The maximum absolute atomic E-state index is 11.1. The van der Waals surface area contributed by atoms with E-state index in [2.05, 4.69) is 5.32 Å². The molecular weight excluding hydrogens is 206 g/mol. The summed E-state index contributed by atoms with van der Waals surface area (Å²) >= 11 is 0. The smallest absolute Gasteiger partial charge is 0.408 e. The number of carbonyl (C=O) groups excluding carboxylic acids is 1. The highest BCUT2D eigenvalue weighted by Crippen LogP contribution is 2.31. The third kappa shape index (κ3) is 1.71. The van der Waals surface area contributed by atoms with Gasteiger partial charge in [-0.1, -0.05) is 6.07 Å². The highest BCUT2D eigenvalue weighted by molar-refractivity contribution is 5.70. The number of hydrogen-bond acceptors (Lipinski definition) is 3. The Morgan fingerprint density at radius 3 is 2.75 bits per heavy atom. The van der Waals surface area contributed by atoms with Gasteiger partial charge in [-0.15, -0.1) is 0 Å². The van der Waals surface area contributed by atoms with Crippen LogP contribution in [0.1, 0.15) is 18.1 Å². The van der Waals surface area contributed by atoms with Crippen molar-refractivity contribution in [3.8, 4) is 5.75 Å². The van der Waals surface area contributed by atoms with E-state index >= 15 is 0 Å². The number of ether oxygens (including phenoxy) is 2. The molecule has 1 aliphatic heterocycles. The zero-order valence-corrected chi connectivity index (χ0v) is 9.66. The molecule has 4 heteroatoms. The Morgan fingerprint density at radius 2 is 2.25 bits per heavy atom. The van der Waals surface area contributed by atoms with Crippen molar-refractivity contribution in [3.63, 3.8) is 0 Å². The van der Waals surface area contributed by atoms with E-state index < -0.39 is 5.60 Å². The lowest BCUT2D eigenvalue weighted by Crippen LogP contribution is -2.26. The molecule has 1 unspecified atom stereocenters. The predicted octanol–water partition coefficient (Wildman–Crippen LogP) is 1.96. The van der Waals surface area contributed by atoms with Gasteiger partial charge in [0.05, 0.1) is 13.7 Å². The molecule has 16 heavy (non-hydrogen) atoms. The summed E-state index contributed by atoms with van der Waals surface area (Å²) < 4.78 is 10.5. The van der Waals surface area contributed by atoms with Gasteiger partial charge in [0.15, 0.2) is 5.60 Å². The van der Waals surface area contributed by atoms with Crippen molar-refractivity contribution in [3.05, 3.63) is 29.3 Å². The zero-order chi connectivity index (χ0) is 11.8. The van der Waals surface area contributed by atoms with Gasteiger partial charge in [-0.05, 0) is 37.1 Å². The summed E-state index contributed by atoms with van der Waals surface area (Å²) in [6.07, 6.45) is -0.365. The molecule has 0 aromatic heterocycles. The number of nitrogens with one attached hydrogen (secondary N) is 1. The fourth-order valence-electron chi connectivity index (χ4n) is 1.89. The van der Waals surface area contributed by atoms with Gasteiger partial charge in [-0.2, -0.15) is 0 Å². The van der Waals surface area contributed by atoms with Crippen LogP contribution in [0.4, 0.5) is 4.79 Å². The van der Waals surface area contributed by atoms with Gasteiger partial charge in [0.1, 0.15) is 5.75 Å². The number of aryl methyl sites for hydroxylation is 1. The van der Waals surface area contributed by atoms with E-state index in [1.54, 1.807) is 7.11 Å². The zero-order valence-electron chi connectivity index (χ0n) is 9.66. The van der Waals surface area contributed by atoms with Crippen molar-refractivity contribution in [2.75, 3.05) is 13.7 Å². The average molecular weight is 221 g/mol. The van der Waals surface area contributed by atoms with Crippen LogP contribution >= 0.6 is 0 Å². The van der Waals surface area contributed by atoms with Crippen LogP contribution in [0.2, 0.25) is 0 Å². The first-order valence-electron chi connectivity index (χ1n) is 5.17. The van der Waals surface area contributed by atoms with Crippen LogP contribution in [0.15, 0.2) is 18.2 Å². The molecule has 1 aromatic rings. The van der Waals surface area contributed by atoms with Gasteiger partial charge >= 0.3 is 6.09 Å². The molecule has 1 aliphatic rings. The molecule has 1 saturated heterocycles. The molecule has 1 N–H and O–H groups in total. The Kier molecular flexibility index (Phi) is 2.50. The summed E-state index contributed by atoms with van der Waals surface area (Å²) in [5.41, 5.74) is 1.43. The third-order valence-corrected chi connectivity index (χ3v) is 2.89. The number of cyclic esters (lactones) is 1. The lowest BCUT2D eigenvalue weighted by Gasteiger charge is -2.22. The number of methoxy groups -OCH3 is 1. The third-order valence-electron chi connectivity index (χ3n) is 2.89. The number of hydrogen-bond donors (Lipinski definition) is 1. The Hall–Kier alpha value is -1.71. The second-order valence-corrected chi connectivity index (χ2v) is 4.16. The molecule has 0 radical (unpaired) electrons. The minimum absolute atomic E-state index is 0.365. The van der Waals surface area contributed by atoms with Crippen LogP contribution in [0.25, 0.3) is 0 Å². The van der Waals surface area contributed by atoms with E-state index in [0.717, 1.165) is 16.9 Å². The molecule has 1 aromatic carbocycles. The largest absolute Gasteiger partial charge is 0.496 e. The fraction of sp³-hybridized carbons (Fsp3) is 0.417. The number of rotatable bonds is 2. The summed E-state index contributed by atoms with van der Waals surface area (Å²) in [7, 11) is 1.64. The molecule has 4 nitrogen and oxygen atoms in total. The Labute approximate surface area is 94.6 Å². The second kappa shape index (κ2) is 3.70. The van der Waals surface area contributed by atoms with Gasteiger partial charge in [-0.25, -0.2) is 4.79 Å². The van der Waals surface area contributed by atoms with E-state index in [4.69, 9.17) is 9.47 Å². The van der Waals surface area contributed by atoms with Crippen LogP contribution < -0.4 is 10.1 Å². The molecule has 0 spiro atoms. The van der Waals surface area contributed by atoms with E-state index in [0.29, 0.717) is 6.54 Å². The van der Waals surface area contributed by atoms with Gasteiger partial charge in [-0.3, -0.25) is 0 Å². The molecule has 0 aliphatic carbocycles. The Morgan fingerprint density at radius 1 is 1.50 bits per heavy atom. The van der Waals surface area contributed by atoms with Crippen LogP contribution in [-0.4, -0.2) is 19.7 Å². The topological polar surface area (TPSA) is 47.6 Å². The van der Waals surface area contributed by atoms with Crippen LogP contribution in [0.5, 0.6) is 5.75 Å². The van der Waals surface area contributed by atoms with Crippen LogP contribution in [-0.2, 0) is 10.3 Å². The normalized spacial score (nSPS) is 23.8. The molecule has 86 valence electrons. The lowest BCUT2D eigenvalue weighted by atomic mass is 9.94. The number of benzene rings is 1. The summed E-state index contributed by atoms with van der Waals surface area (Å²) in [6.45, 7) is 4.36. The Balaban J connectivity index is 2.34. The first-order valence-corrected chi connectivity index (χ1v) is 5.17. The van der Waals surface area contributed by atoms with Gasteiger partial charge in [0.25, 0.3) is 0 Å². The highest BCUT2D eigenvalue weighted by Gasteiger charge is 2.37. The molecular formula is C12H15NO3. The predicted molar refractivity (Wildman–Crippen MR) is 59.6 cm³/mol. The highest BCUT2D eigenvalue weighted by atomic mass is 16.6. The first-order chi connectivity index (χ1) is 7.55. The summed E-state index contributed by atoms with van der Waals surface area (Å²) in [6, 6.07) is 5.80. The van der Waals surface area contributed by atoms with Crippen molar-refractivity contribution >= 4 is 6.09 Å². The standard InChI is InChI=1S/C12H15NO3/c1-8-6-9(4-5-10(8)15-3)12(2)7-13-11(14)16-12/h4-6H,7H2,1-3H3,(H,13,14). The maximum atomic E-state index is 11.1. The van der Waals surface area contributed by atoms with Crippen molar-refractivity contribution in [1.82, 2.24) is 5.32 Å². The van der Waals surface area contributed by atoms with E-state index in [9.17, 15) is 4.79 Å². The summed E-state index contributed by atoms with van der Waals surface area (Å²) in [5, 5.41) is 2.66. The van der Waals surface area contributed by atoms with Crippen molar-refractivity contribution < 1.29 is 14.3 Å². The molecule has 2 rings (SSSR count). The number of carbonyl (C=O) groups is 1.